The molecule has 1 amide bonds. The highest BCUT2D eigenvalue weighted by Gasteiger charge is 2.35. The van der Waals surface area contributed by atoms with E-state index in [0.717, 1.165) is 57.5 Å². The molecule has 2 aromatic carbocycles. The first-order valence-electron chi connectivity index (χ1n) is 12.1. The van der Waals surface area contributed by atoms with Crippen LogP contribution in [0.2, 0.25) is 0 Å². The molecule has 10 heteroatoms. The second-order valence-corrected chi connectivity index (χ2v) is 11.1. The lowest BCUT2D eigenvalue weighted by atomic mass is 9.94. The van der Waals surface area contributed by atoms with E-state index in [4.69, 9.17) is 9.72 Å². The average Bonchev–Trinajstić information content (AvgIpc) is 3.41. The number of H-pyrrole nitrogens is 2. The Kier molecular flexibility index (Phi) is 5.57. The number of hydrogen-bond donors (Lipinski definition) is 4. The van der Waals surface area contributed by atoms with Crippen LogP contribution >= 0.6 is 11.3 Å². The highest BCUT2D eigenvalue weighted by Crippen LogP contribution is 2.34. The number of anilines is 3. The van der Waals surface area contributed by atoms with E-state index in [1.54, 1.807) is 0 Å². The number of rotatable bonds is 5. The van der Waals surface area contributed by atoms with Crippen molar-refractivity contribution in [2.24, 2.45) is 0 Å². The molecule has 0 radical (unpaired) electrons. The molecule has 36 heavy (non-hydrogen) atoms. The summed E-state index contributed by atoms with van der Waals surface area (Å²) in [7, 11) is 0. The van der Waals surface area contributed by atoms with E-state index in [1.807, 2.05) is 44.2 Å². The van der Waals surface area contributed by atoms with Crippen molar-refractivity contribution in [2.75, 3.05) is 30.0 Å². The van der Waals surface area contributed by atoms with Gasteiger partial charge in [0.25, 0.3) is 5.91 Å². The number of amides is 1. The van der Waals surface area contributed by atoms with Gasteiger partial charge in [0, 0.05) is 29.9 Å². The highest BCUT2D eigenvalue weighted by molar-refractivity contribution is 7.17. The highest BCUT2D eigenvalue weighted by atomic mass is 32.1. The van der Waals surface area contributed by atoms with Gasteiger partial charge in [0.05, 0.1) is 36.0 Å². The molecule has 2 aliphatic rings. The molecule has 1 saturated heterocycles. The molecule has 0 aliphatic carbocycles. The Balaban J connectivity index is 1.21. The van der Waals surface area contributed by atoms with Gasteiger partial charge in [-0.05, 0) is 56.2 Å². The normalized spacial score (nSPS) is 19.2. The molecule has 4 heterocycles. The van der Waals surface area contributed by atoms with E-state index in [9.17, 15) is 9.59 Å². The van der Waals surface area contributed by atoms with Gasteiger partial charge < -0.3 is 30.2 Å². The minimum Gasteiger partial charge on any atom is -0.377 e. The van der Waals surface area contributed by atoms with Crippen LogP contribution in [0.1, 0.15) is 34.8 Å². The summed E-state index contributed by atoms with van der Waals surface area (Å²) in [4.78, 5) is 37.7. The molecule has 1 fully saturated rings. The largest absolute Gasteiger partial charge is 0.377 e. The number of carbonyl (C=O) groups excluding carboxylic acids is 1. The molecule has 0 saturated carbocycles. The van der Waals surface area contributed by atoms with Gasteiger partial charge in [-0.2, -0.15) is 0 Å². The molecule has 0 spiro atoms. The second-order valence-electron chi connectivity index (χ2n) is 10.1. The fraction of sp³-hybridized carbons (Fsp3) is 0.346. The number of benzene rings is 2. The number of thiazole rings is 1. The van der Waals surface area contributed by atoms with Crippen molar-refractivity contribution in [3.05, 3.63) is 69.1 Å². The average molecular weight is 505 g/mol. The summed E-state index contributed by atoms with van der Waals surface area (Å²) in [5.74, 6) is -0.0320. The molecule has 6 rings (SSSR count). The summed E-state index contributed by atoms with van der Waals surface area (Å²) in [5, 5.41) is 7.41. The molecular formula is C26H28N6O3S. The van der Waals surface area contributed by atoms with E-state index in [-0.39, 0.29) is 23.2 Å². The van der Waals surface area contributed by atoms with Crippen molar-refractivity contribution in [1.82, 2.24) is 20.3 Å². The molecule has 4 N–H and O–H groups in total. The number of imidazole rings is 1. The Morgan fingerprint density at radius 1 is 1.14 bits per heavy atom. The number of aromatic nitrogens is 3. The van der Waals surface area contributed by atoms with Crippen LogP contribution in [0.15, 0.2) is 47.3 Å². The number of nitrogens with one attached hydrogen (secondary N) is 4. The second kappa shape index (κ2) is 8.79. The van der Waals surface area contributed by atoms with Crippen molar-refractivity contribution in [1.29, 1.82) is 0 Å². The molecule has 0 bridgehead atoms. The smallest absolute Gasteiger partial charge is 0.323 e. The Morgan fingerprint density at radius 3 is 2.86 bits per heavy atom. The lowest BCUT2D eigenvalue weighted by molar-refractivity contribution is 0.0900. The van der Waals surface area contributed by atoms with Crippen LogP contribution < -0.4 is 21.2 Å². The number of fused-ring (bicyclic) bond motifs is 2. The van der Waals surface area contributed by atoms with Crippen molar-refractivity contribution < 1.29 is 9.53 Å². The van der Waals surface area contributed by atoms with Gasteiger partial charge in [-0.1, -0.05) is 23.5 Å². The molecule has 2 aromatic heterocycles. The quantitative estimate of drug-likeness (QED) is 0.330. The fourth-order valence-corrected chi connectivity index (χ4v) is 6.06. The fourth-order valence-electron chi connectivity index (χ4n) is 4.99. The SMILES string of the molecule is CC1(C)Cc2nc(N3CCOCC3Cc3cccc(Nc4ccc5[nH]c(=O)[nH]c5c4)c3)sc2C(=O)N1. The number of carbonyl (C=O) groups is 1. The van der Waals surface area contributed by atoms with Crippen molar-refractivity contribution >= 4 is 44.8 Å². The van der Waals surface area contributed by atoms with Crippen LogP contribution in [0.3, 0.4) is 0 Å². The first-order valence-corrected chi connectivity index (χ1v) is 12.9. The predicted molar refractivity (Wildman–Crippen MR) is 142 cm³/mol. The molecular weight excluding hydrogens is 476 g/mol. The molecule has 1 unspecified atom stereocenters. The standard InChI is InChI=1S/C26H28N6O3S/c1-26(2)13-21-22(23(33)31-26)36-25(30-21)32-8-9-35-14-18(32)11-15-4-3-5-16(10-15)27-17-6-7-19-20(12-17)29-24(34)28-19/h3-7,10,12,18,27H,8-9,11,13-14H2,1-2H3,(H,31,33)(H2,28,29,34). The maximum Gasteiger partial charge on any atom is 0.323 e. The van der Waals surface area contributed by atoms with Crippen LogP contribution in [-0.2, 0) is 17.6 Å². The third-order valence-electron chi connectivity index (χ3n) is 6.63. The van der Waals surface area contributed by atoms with Gasteiger partial charge in [-0.15, -0.1) is 0 Å². The number of nitrogens with zero attached hydrogens (tertiary/aromatic N) is 2. The lowest BCUT2D eigenvalue weighted by Gasteiger charge is -2.35. The van der Waals surface area contributed by atoms with Crippen molar-refractivity contribution in [2.45, 2.75) is 38.3 Å². The predicted octanol–water partition coefficient (Wildman–Crippen LogP) is 3.57. The van der Waals surface area contributed by atoms with Gasteiger partial charge in [0.2, 0.25) is 0 Å². The van der Waals surface area contributed by atoms with E-state index in [2.05, 4.69) is 37.6 Å². The summed E-state index contributed by atoms with van der Waals surface area (Å²) in [6, 6.07) is 14.2. The summed E-state index contributed by atoms with van der Waals surface area (Å²) in [5.41, 5.74) is 4.98. The van der Waals surface area contributed by atoms with E-state index < -0.39 is 0 Å². The zero-order chi connectivity index (χ0) is 24.9. The van der Waals surface area contributed by atoms with Gasteiger partial charge in [-0.3, -0.25) is 4.79 Å². The summed E-state index contributed by atoms with van der Waals surface area (Å²) < 4.78 is 5.84. The summed E-state index contributed by atoms with van der Waals surface area (Å²) in [6.07, 6.45) is 1.53. The van der Waals surface area contributed by atoms with Crippen LogP contribution in [-0.4, -0.2) is 52.2 Å². The third kappa shape index (κ3) is 4.49. The number of ether oxygens (including phenoxy) is 1. The minimum atomic E-state index is -0.284. The van der Waals surface area contributed by atoms with Gasteiger partial charge in [-0.25, -0.2) is 9.78 Å². The first-order chi connectivity index (χ1) is 17.3. The van der Waals surface area contributed by atoms with Crippen molar-refractivity contribution in [3.8, 4) is 0 Å². The lowest BCUT2D eigenvalue weighted by Crippen LogP contribution is -2.48. The maximum absolute atomic E-state index is 12.6. The van der Waals surface area contributed by atoms with Crippen LogP contribution in [0.4, 0.5) is 16.5 Å². The van der Waals surface area contributed by atoms with Gasteiger partial charge in [0.1, 0.15) is 4.88 Å². The molecule has 9 nitrogen and oxygen atoms in total. The zero-order valence-corrected chi connectivity index (χ0v) is 21.0. The molecule has 4 aromatic rings. The Bertz CT molecular complexity index is 1500. The Labute approximate surface area is 211 Å². The van der Waals surface area contributed by atoms with Gasteiger partial charge >= 0.3 is 5.69 Å². The first kappa shape index (κ1) is 22.8. The van der Waals surface area contributed by atoms with E-state index >= 15 is 0 Å². The van der Waals surface area contributed by atoms with Gasteiger partial charge in [0.15, 0.2) is 5.13 Å². The zero-order valence-electron chi connectivity index (χ0n) is 20.2. The topological polar surface area (TPSA) is 115 Å². The third-order valence-corrected chi connectivity index (χ3v) is 7.76. The van der Waals surface area contributed by atoms with Crippen LogP contribution in [0.25, 0.3) is 11.0 Å². The Hall–Kier alpha value is -3.63. The van der Waals surface area contributed by atoms with E-state index in [1.165, 1.54) is 16.9 Å². The number of morpholine rings is 1. The van der Waals surface area contributed by atoms with E-state index in [0.29, 0.717) is 13.2 Å². The van der Waals surface area contributed by atoms with Crippen LogP contribution in [0, 0.1) is 0 Å². The van der Waals surface area contributed by atoms with Crippen LogP contribution in [0.5, 0.6) is 0 Å². The molecule has 186 valence electrons. The summed E-state index contributed by atoms with van der Waals surface area (Å²) >= 11 is 1.48. The minimum absolute atomic E-state index is 0.0320. The maximum atomic E-state index is 12.6. The Morgan fingerprint density at radius 2 is 1.97 bits per heavy atom. The number of aromatic amines is 2. The van der Waals surface area contributed by atoms with Crippen molar-refractivity contribution in [3.63, 3.8) is 0 Å². The molecule has 1 atom stereocenters. The number of hydrogen-bond acceptors (Lipinski definition) is 7. The monoisotopic (exact) mass is 504 g/mol. The summed E-state index contributed by atoms with van der Waals surface area (Å²) in [6.45, 7) is 6.05. The molecule has 2 aliphatic heterocycles.